The van der Waals surface area contributed by atoms with Crippen molar-refractivity contribution in [3.05, 3.63) is 77.9 Å². The fourth-order valence-corrected chi connectivity index (χ4v) is 3.24. The Balaban J connectivity index is 2.11. The number of carbonyl (C=O) groups excluding carboxylic acids is 1. The van der Waals surface area contributed by atoms with E-state index in [1.807, 2.05) is 0 Å². The van der Waals surface area contributed by atoms with Crippen molar-refractivity contribution in [2.45, 2.75) is 46.1 Å². The van der Waals surface area contributed by atoms with E-state index in [4.69, 9.17) is 4.74 Å². The quantitative estimate of drug-likeness (QED) is 0.235. The molecule has 192 valence electrons. The van der Waals surface area contributed by atoms with E-state index in [9.17, 15) is 26.7 Å². The molecular weight excluding hydrogens is 487 g/mol. The van der Waals surface area contributed by atoms with Gasteiger partial charge in [-0.3, -0.25) is 4.98 Å². The van der Waals surface area contributed by atoms with Gasteiger partial charge in [-0.05, 0) is 62.7 Å². The maximum atomic E-state index is 14.6. The molecule has 1 heterocycles. The number of rotatable bonds is 9. The van der Waals surface area contributed by atoms with Crippen molar-refractivity contribution in [2.75, 3.05) is 4.90 Å². The molecule has 0 fully saturated rings. The lowest BCUT2D eigenvalue weighted by Crippen LogP contribution is -2.24. The molecule has 0 unspecified atom stereocenters. The number of hydrogen-bond donors (Lipinski definition) is 0. The third kappa shape index (κ3) is 7.56. The fraction of sp³-hybridized carbons (Fsp3) is 0.280. The summed E-state index contributed by atoms with van der Waals surface area (Å²) in [6.07, 6.45) is 3.08. The lowest BCUT2D eigenvalue weighted by molar-refractivity contribution is -0.0692. The number of esters is 1. The predicted molar refractivity (Wildman–Crippen MR) is 121 cm³/mol. The Kier molecular flexibility index (Phi) is 8.33. The number of alkyl halides is 4. The van der Waals surface area contributed by atoms with Crippen LogP contribution in [0.5, 0.6) is 11.5 Å². The standard InChI is InChI=1S/C25H23F5N2O4/c1-25(2,3)36-22(33)16-9-17(26)11-19(10-16)32(14-15-5-4-8-31-13-15)18-6-7-20(34-23(27)28)21(12-18)35-24(29)30/h4-13,23-24H,14H2,1-3H3. The normalized spacial score (nSPS) is 11.5. The largest absolute Gasteiger partial charge is 0.456 e. The van der Waals surface area contributed by atoms with E-state index in [0.717, 1.165) is 24.3 Å². The first-order valence-electron chi connectivity index (χ1n) is 10.7. The molecule has 0 atom stereocenters. The van der Waals surface area contributed by atoms with Gasteiger partial charge in [-0.2, -0.15) is 17.6 Å². The van der Waals surface area contributed by atoms with E-state index in [0.29, 0.717) is 5.56 Å². The second-order valence-corrected chi connectivity index (χ2v) is 8.54. The smallest absolute Gasteiger partial charge is 0.387 e. The molecule has 0 spiro atoms. The number of nitrogens with zero attached hydrogens (tertiary/aromatic N) is 2. The molecule has 2 aromatic carbocycles. The van der Waals surface area contributed by atoms with Gasteiger partial charge in [-0.25, -0.2) is 9.18 Å². The van der Waals surface area contributed by atoms with Crippen LogP contribution in [0.1, 0.15) is 36.7 Å². The Morgan fingerprint density at radius 3 is 2.25 bits per heavy atom. The second-order valence-electron chi connectivity index (χ2n) is 8.54. The Bertz CT molecular complexity index is 1190. The Morgan fingerprint density at radius 1 is 0.944 bits per heavy atom. The summed E-state index contributed by atoms with van der Waals surface area (Å²) in [6, 6.07) is 10.3. The van der Waals surface area contributed by atoms with Crippen molar-refractivity contribution in [3.8, 4) is 11.5 Å². The van der Waals surface area contributed by atoms with Crippen LogP contribution in [-0.2, 0) is 11.3 Å². The molecule has 0 bridgehead atoms. The number of carbonyl (C=O) groups is 1. The van der Waals surface area contributed by atoms with Gasteiger partial charge in [0, 0.05) is 36.4 Å². The number of ether oxygens (including phenoxy) is 3. The van der Waals surface area contributed by atoms with Crippen LogP contribution in [0.4, 0.5) is 33.3 Å². The number of halogens is 5. The van der Waals surface area contributed by atoms with Gasteiger partial charge in [0.05, 0.1) is 5.56 Å². The number of anilines is 2. The molecule has 1 aromatic heterocycles. The molecule has 0 aliphatic rings. The van der Waals surface area contributed by atoms with Crippen LogP contribution in [0.15, 0.2) is 60.9 Å². The number of aromatic nitrogens is 1. The SMILES string of the molecule is CC(C)(C)OC(=O)c1cc(F)cc(N(Cc2cccnc2)c2ccc(OC(F)F)c(OC(F)F)c2)c1. The van der Waals surface area contributed by atoms with Crippen LogP contribution < -0.4 is 14.4 Å². The average Bonchev–Trinajstić information content (AvgIpc) is 2.77. The van der Waals surface area contributed by atoms with Gasteiger partial charge in [0.2, 0.25) is 0 Å². The summed E-state index contributed by atoms with van der Waals surface area (Å²) in [5.41, 5.74) is 0.0470. The first-order chi connectivity index (χ1) is 16.9. The van der Waals surface area contributed by atoms with E-state index >= 15 is 0 Å². The van der Waals surface area contributed by atoms with Crippen molar-refractivity contribution in [2.24, 2.45) is 0 Å². The first-order valence-corrected chi connectivity index (χ1v) is 10.7. The summed E-state index contributed by atoms with van der Waals surface area (Å²) >= 11 is 0. The maximum Gasteiger partial charge on any atom is 0.387 e. The highest BCUT2D eigenvalue weighted by atomic mass is 19.3. The predicted octanol–water partition coefficient (Wildman–Crippen LogP) is 6.72. The van der Waals surface area contributed by atoms with Crippen LogP contribution in [0.3, 0.4) is 0 Å². The van der Waals surface area contributed by atoms with E-state index < -0.39 is 42.1 Å². The number of pyridine rings is 1. The summed E-state index contributed by atoms with van der Waals surface area (Å²) < 4.78 is 80.1. The minimum Gasteiger partial charge on any atom is -0.456 e. The highest BCUT2D eigenvalue weighted by Gasteiger charge is 2.22. The van der Waals surface area contributed by atoms with Crippen molar-refractivity contribution in [1.29, 1.82) is 0 Å². The molecule has 3 rings (SSSR count). The molecule has 3 aromatic rings. The van der Waals surface area contributed by atoms with E-state index in [1.165, 1.54) is 23.2 Å². The second kappa shape index (κ2) is 11.2. The number of hydrogen-bond acceptors (Lipinski definition) is 6. The average molecular weight is 510 g/mol. The highest BCUT2D eigenvalue weighted by Crippen LogP contribution is 2.38. The van der Waals surface area contributed by atoms with Gasteiger partial charge in [0.1, 0.15) is 11.4 Å². The molecular formula is C25H23F5N2O4. The van der Waals surface area contributed by atoms with Gasteiger partial charge in [0.25, 0.3) is 0 Å². The van der Waals surface area contributed by atoms with Gasteiger partial charge in [-0.1, -0.05) is 6.07 Å². The lowest BCUT2D eigenvalue weighted by atomic mass is 10.1. The topological polar surface area (TPSA) is 60.9 Å². The molecule has 0 aliphatic carbocycles. The van der Waals surface area contributed by atoms with E-state index in [1.54, 1.807) is 39.1 Å². The van der Waals surface area contributed by atoms with Crippen LogP contribution in [0.25, 0.3) is 0 Å². The lowest BCUT2D eigenvalue weighted by Gasteiger charge is -2.27. The summed E-state index contributed by atoms with van der Waals surface area (Å²) in [6.45, 7) is -1.57. The Hall–Kier alpha value is -3.89. The molecule has 6 nitrogen and oxygen atoms in total. The van der Waals surface area contributed by atoms with Crippen LogP contribution in [-0.4, -0.2) is 29.8 Å². The molecule has 0 saturated carbocycles. The minimum absolute atomic E-state index is 0.0498. The van der Waals surface area contributed by atoms with E-state index in [2.05, 4.69) is 14.5 Å². The summed E-state index contributed by atoms with van der Waals surface area (Å²) in [4.78, 5) is 18.1. The van der Waals surface area contributed by atoms with Crippen molar-refractivity contribution >= 4 is 17.3 Å². The van der Waals surface area contributed by atoms with Crippen molar-refractivity contribution in [3.63, 3.8) is 0 Å². The zero-order valence-electron chi connectivity index (χ0n) is 19.6. The highest BCUT2D eigenvalue weighted by molar-refractivity contribution is 5.91. The minimum atomic E-state index is -3.32. The molecule has 0 aliphatic heterocycles. The van der Waals surface area contributed by atoms with Crippen LogP contribution in [0.2, 0.25) is 0 Å². The summed E-state index contributed by atoms with van der Waals surface area (Å²) in [5, 5.41) is 0. The van der Waals surface area contributed by atoms with Crippen LogP contribution in [0, 0.1) is 5.82 Å². The molecule has 0 amide bonds. The maximum absolute atomic E-state index is 14.6. The van der Waals surface area contributed by atoms with Crippen LogP contribution >= 0.6 is 0 Å². The van der Waals surface area contributed by atoms with E-state index in [-0.39, 0.29) is 23.5 Å². The summed E-state index contributed by atoms with van der Waals surface area (Å²) in [7, 11) is 0. The Morgan fingerprint density at radius 2 is 1.64 bits per heavy atom. The third-order valence-corrected chi connectivity index (χ3v) is 4.56. The van der Waals surface area contributed by atoms with Gasteiger partial charge in [0.15, 0.2) is 11.5 Å². The summed E-state index contributed by atoms with van der Waals surface area (Å²) in [5.74, 6) is -2.79. The molecule has 36 heavy (non-hydrogen) atoms. The van der Waals surface area contributed by atoms with Gasteiger partial charge >= 0.3 is 19.2 Å². The zero-order chi connectivity index (χ0) is 26.5. The molecule has 0 saturated heterocycles. The first kappa shape index (κ1) is 26.7. The molecule has 0 radical (unpaired) electrons. The zero-order valence-corrected chi connectivity index (χ0v) is 19.6. The van der Waals surface area contributed by atoms with Crippen molar-refractivity contribution < 1.29 is 41.0 Å². The molecule has 0 N–H and O–H groups in total. The Labute approximate surface area is 204 Å². The van der Waals surface area contributed by atoms with Crippen molar-refractivity contribution in [1.82, 2.24) is 4.98 Å². The number of benzene rings is 2. The monoisotopic (exact) mass is 510 g/mol. The third-order valence-electron chi connectivity index (χ3n) is 4.56. The van der Waals surface area contributed by atoms with Gasteiger partial charge < -0.3 is 19.1 Å². The van der Waals surface area contributed by atoms with Gasteiger partial charge in [-0.15, -0.1) is 0 Å². The fourth-order valence-electron chi connectivity index (χ4n) is 3.24. The molecule has 11 heteroatoms.